The van der Waals surface area contributed by atoms with Gasteiger partial charge in [0.15, 0.2) is 34.4 Å². The summed E-state index contributed by atoms with van der Waals surface area (Å²) in [6.45, 7) is 35.6. The summed E-state index contributed by atoms with van der Waals surface area (Å²) in [5.74, 6) is 2.17. The Morgan fingerprint density at radius 3 is 0.425 bits per heavy atom. The molecule has 0 atom stereocenters. The van der Waals surface area contributed by atoms with Gasteiger partial charge in [-0.1, -0.05) is 374 Å². The van der Waals surface area contributed by atoms with E-state index < -0.39 is 0 Å². The molecule has 0 bridgehead atoms. The topological polar surface area (TPSA) is 117 Å². The molecule has 0 radical (unpaired) electrons. The van der Waals surface area contributed by atoms with Gasteiger partial charge < -0.3 is 57.8 Å². The van der Waals surface area contributed by atoms with Crippen LogP contribution in [0.1, 0.15) is 116 Å². The smallest absolute Gasteiger partial charge is 0.192 e. The summed E-state index contributed by atoms with van der Waals surface area (Å²) >= 11 is 5.22. The monoisotopic (exact) mass is 2690 g/mol. The van der Waals surface area contributed by atoms with Crippen LogP contribution < -0.4 is 0 Å². The van der Waals surface area contributed by atoms with Crippen molar-refractivity contribution in [3.8, 4) is 0 Å². The van der Waals surface area contributed by atoms with Crippen LogP contribution in [0.3, 0.4) is 0 Å². The van der Waals surface area contributed by atoms with Gasteiger partial charge in [0.1, 0.15) is 16.6 Å². The standard InChI is InChI=1S/3C8H7NO.3C8H7NS.6C6H6.6C2H6.6CH3.6W/c6*1-6-9-7-4-2-3-5-8(7)10-6;6*1-2-4-6-5-3-1;6*1-2;;;;;;;;;;;;/h6*2-5H,1H3;6*1-6H;6*1-2H3;6*1H3;;;;;;/q;;;;;;;;;;;;;;;;;;6*-1;;;;;;. The van der Waals surface area contributed by atoms with E-state index in [0.717, 1.165) is 82.5 Å². The van der Waals surface area contributed by atoms with Crippen molar-refractivity contribution in [2.24, 2.45) is 0 Å². The Morgan fingerprint density at radius 2 is 0.292 bits per heavy atom. The quantitative estimate of drug-likeness (QED) is 0.137. The van der Waals surface area contributed by atoms with Crippen LogP contribution >= 0.6 is 34.0 Å². The molecular formula is C102H132N6O3S3W6-6. The average molecular weight is 2690 g/mol. The fourth-order valence-electron chi connectivity index (χ4n) is 8.23. The number of para-hydroxylation sites is 9. The number of benzene rings is 12. The molecule has 0 amide bonds. The van der Waals surface area contributed by atoms with Crippen LogP contribution in [0, 0.1) is 86.1 Å². The zero-order valence-electron chi connectivity index (χ0n) is 75.2. The summed E-state index contributed by atoms with van der Waals surface area (Å²) in [6, 6.07) is 120. The Bertz CT molecular complexity index is 3740. The minimum Gasteiger partial charge on any atom is -0.441 e. The number of hydrogen-bond donors (Lipinski definition) is 0. The van der Waals surface area contributed by atoms with Gasteiger partial charge in [0.2, 0.25) is 0 Å². The van der Waals surface area contributed by atoms with E-state index in [4.69, 9.17) is 13.3 Å². The van der Waals surface area contributed by atoms with Crippen molar-refractivity contribution < 1.29 is 140 Å². The maximum absolute atomic E-state index is 5.26. The molecule has 648 valence electrons. The summed E-state index contributed by atoms with van der Waals surface area (Å²) in [6.07, 6.45) is 0. The van der Waals surface area contributed by atoms with E-state index in [1.165, 1.54) is 14.1 Å². The number of fused-ring (bicyclic) bond motifs is 6. The number of aromatic nitrogens is 6. The van der Waals surface area contributed by atoms with Crippen LogP contribution in [0.2, 0.25) is 0 Å². The van der Waals surface area contributed by atoms with E-state index in [1.807, 2.05) is 470 Å². The molecule has 0 N–H and O–H groups in total. The number of rotatable bonds is 0. The SMILES string of the molecule is CC.CC.CC.CC.CC.CC.Cc1nc2ccccc2o1.Cc1nc2ccccc2o1.Cc1nc2ccccc2o1.Cc1nc2ccccc2s1.Cc1nc2ccccc2s1.Cc1nc2ccccc2s1.[CH3-].[CH3-].[CH3-].[CH3-].[CH3-].[CH3-].[W].[W].[W].[W].[W].[W].c1ccccc1.c1ccccc1.c1ccccc1.c1ccccc1.c1ccccc1.c1ccccc1. The first-order valence-corrected chi connectivity index (χ1v) is 39.5. The molecule has 12 aromatic carbocycles. The third-order valence-electron chi connectivity index (χ3n) is 12.4. The number of aryl methyl sites for hydroxylation is 6. The van der Waals surface area contributed by atoms with Crippen molar-refractivity contribution in [3.63, 3.8) is 0 Å². The number of hydrogen-bond acceptors (Lipinski definition) is 12. The van der Waals surface area contributed by atoms with E-state index in [9.17, 15) is 0 Å². The van der Waals surface area contributed by atoms with Gasteiger partial charge in [-0.3, -0.25) is 0 Å². The van der Waals surface area contributed by atoms with Crippen molar-refractivity contribution in [3.05, 3.63) is 441 Å². The van der Waals surface area contributed by atoms with Crippen molar-refractivity contribution in [2.45, 2.75) is 125 Å². The third-order valence-corrected chi connectivity index (χ3v) is 15.3. The zero-order valence-corrected chi connectivity index (χ0v) is 95.3. The third kappa shape index (κ3) is 65.6. The second-order valence-electron chi connectivity index (χ2n) is 20.1. The van der Waals surface area contributed by atoms with Gasteiger partial charge in [-0.05, 0) is 93.6 Å². The number of nitrogens with zero attached hydrogens (tertiary/aromatic N) is 6. The Kier molecular flexibility index (Phi) is 113. The molecule has 0 aliphatic carbocycles. The van der Waals surface area contributed by atoms with Crippen LogP contribution in [0.25, 0.3) is 63.9 Å². The first-order chi connectivity index (χ1) is 53.2. The van der Waals surface area contributed by atoms with Gasteiger partial charge in [-0.25, -0.2) is 29.9 Å². The Morgan fingerprint density at radius 1 is 0.167 bits per heavy atom. The second kappa shape index (κ2) is 97.3. The first-order valence-electron chi connectivity index (χ1n) is 37.1. The predicted octanol–water partition coefficient (Wildman–Crippen LogP) is 33.2. The first kappa shape index (κ1) is 139. The van der Waals surface area contributed by atoms with Gasteiger partial charge in [0.05, 0.1) is 45.7 Å². The Hall–Kier alpha value is -7.15. The molecule has 0 saturated carbocycles. The molecule has 18 heteroatoms. The van der Waals surface area contributed by atoms with Crippen molar-refractivity contribution in [1.29, 1.82) is 0 Å². The van der Waals surface area contributed by atoms with E-state index in [0.29, 0.717) is 0 Å². The van der Waals surface area contributed by atoms with Gasteiger partial charge in [-0.15, -0.1) is 34.0 Å². The summed E-state index contributed by atoms with van der Waals surface area (Å²) in [4.78, 5) is 25.4. The number of oxazole rings is 3. The van der Waals surface area contributed by atoms with E-state index in [-0.39, 0.29) is 171 Å². The maximum atomic E-state index is 5.26. The van der Waals surface area contributed by atoms with Crippen LogP contribution in [0.4, 0.5) is 0 Å². The molecule has 18 aromatic rings. The maximum Gasteiger partial charge on any atom is 0.192 e. The van der Waals surface area contributed by atoms with Gasteiger partial charge in [0.25, 0.3) is 0 Å². The minimum absolute atomic E-state index is 0. The molecule has 9 nitrogen and oxygen atoms in total. The largest absolute Gasteiger partial charge is 0.441 e. The van der Waals surface area contributed by atoms with Crippen molar-refractivity contribution >= 4 is 98.0 Å². The predicted molar refractivity (Wildman–Crippen MR) is 515 cm³/mol. The Balaban J connectivity index is -0.000000104. The molecule has 120 heavy (non-hydrogen) atoms. The second-order valence-corrected chi connectivity index (χ2v) is 23.8. The molecular weight excluding hydrogens is 2560 g/mol. The molecule has 6 aromatic heterocycles. The number of thiazole rings is 3. The molecule has 0 aliphatic heterocycles. The van der Waals surface area contributed by atoms with Gasteiger partial charge in [0, 0.05) is 147 Å². The zero-order chi connectivity index (χ0) is 79.3. The van der Waals surface area contributed by atoms with E-state index in [1.54, 1.807) is 34.0 Å². The van der Waals surface area contributed by atoms with Crippen LogP contribution in [0.15, 0.2) is 377 Å². The van der Waals surface area contributed by atoms with Crippen LogP contribution in [0.5, 0.6) is 0 Å². The molecule has 0 saturated heterocycles. The normalized spacial score (nSPS) is 7.95. The fraction of sp³-hybridized carbons (Fsp3) is 0.176. The van der Waals surface area contributed by atoms with E-state index in [2.05, 4.69) is 48.1 Å². The molecule has 0 unspecified atom stereocenters. The summed E-state index contributed by atoms with van der Waals surface area (Å²) in [7, 11) is 0. The Labute approximate surface area is 824 Å². The fourth-order valence-corrected chi connectivity index (χ4v) is 10.7. The van der Waals surface area contributed by atoms with E-state index >= 15 is 0 Å². The molecule has 6 heterocycles. The van der Waals surface area contributed by atoms with Crippen LogP contribution in [-0.2, 0) is 126 Å². The molecule has 0 fully saturated rings. The van der Waals surface area contributed by atoms with Gasteiger partial charge >= 0.3 is 0 Å². The average Bonchev–Trinajstić information content (AvgIpc) is 1.76. The summed E-state index contributed by atoms with van der Waals surface area (Å²) in [5.41, 5.74) is 8.72. The van der Waals surface area contributed by atoms with Crippen molar-refractivity contribution in [1.82, 2.24) is 29.9 Å². The minimum atomic E-state index is 0. The summed E-state index contributed by atoms with van der Waals surface area (Å²) in [5, 5.41) is 3.42. The van der Waals surface area contributed by atoms with Gasteiger partial charge in [-0.2, -0.15) is 0 Å². The van der Waals surface area contributed by atoms with Crippen LogP contribution in [-0.4, -0.2) is 29.9 Å². The molecule has 0 spiro atoms. The van der Waals surface area contributed by atoms with Crippen molar-refractivity contribution in [2.75, 3.05) is 0 Å². The molecule has 18 rings (SSSR count). The summed E-state index contributed by atoms with van der Waals surface area (Å²) < 4.78 is 19.6. The molecule has 0 aliphatic rings.